The van der Waals surface area contributed by atoms with Crippen LogP contribution in [0.15, 0.2) is 60.6 Å². The molecule has 1 N–H and O–H groups in total. The summed E-state index contributed by atoms with van der Waals surface area (Å²) in [6.07, 6.45) is 6.63. The summed E-state index contributed by atoms with van der Waals surface area (Å²) in [6, 6.07) is 12.6. The molecule has 28 heavy (non-hydrogen) atoms. The van der Waals surface area contributed by atoms with E-state index in [2.05, 4.69) is 15.4 Å². The summed E-state index contributed by atoms with van der Waals surface area (Å²) < 4.78 is 7.02. The van der Waals surface area contributed by atoms with Crippen LogP contribution in [-0.4, -0.2) is 27.3 Å². The van der Waals surface area contributed by atoms with E-state index in [1.807, 2.05) is 25.1 Å². The van der Waals surface area contributed by atoms with E-state index in [4.69, 9.17) is 4.74 Å². The van der Waals surface area contributed by atoms with Gasteiger partial charge in [-0.2, -0.15) is 10.4 Å². The van der Waals surface area contributed by atoms with E-state index >= 15 is 0 Å². The minimum Gasteiger partial charge on any atom is -0.494 e. The SMILES string of the molecule is CCOc1ccc(NC(=O)/C(C#N)=C\c2cn(C)nc2-c2ccncc2)cc1. The van der Waals surface area contributed by atoms with Crippen molar-refractivity contribution in [2.24, 2.45) is 7.05 Å². The van der Waals surface area contributed by atoms with Crippen LogP contribution in [0.4, 0.5) is 5.69 Å². The van der Waals surface area contributed by atoms with E-state index in [0.29, 0.717) is 29.3 Å². The number of rotatable bonds is 6. The topological polar surface area (TPSA) is 92.8 Å². The Morgan fingerprint density at radius 1 is 1.25 bits per heavy atom. The van der Waals surface area contributed by atoms with Crippen LogP contribution in [0.2, 0.25) is 0 Å². The fourth-order valence-electron chi connectivity index (χ4n) is 2.65. The Kier molecular flexibility index (Phi) is 5.82. The first-order valence-corrected chi connectivity index (χ1v) is 8.70. The quantitative estimate of drug-likeness (QED) is 0.528. The molecule has 0 spiro atoms. The number of hydrogen-bond acceptors (Lipinski definition) is 5. The van der Waals surface area contributed by atoms with Crippen molar-refractivity contribution in [2.75, 3.05) is 11.9 Å². The molecule has 0 radical (unpaired) electrons. The summed E-state index contributed by atoms with van der Waals surface area (Å²) in [4.78, 5) is 16.5. The van der Waals surface area contributed by atoms with Crippen LogP contribution in [0, 0.1) is 11.3 Å². The van der Waals surface area contributed by atoms with Gasteiger partial charge in [-0.05, 0) is 49.4 Å². The highest BCUT2D eigenvalue weighted by molar-refractivity contribution is 6.10. The number of benzene rings is 1. The van der Waals surface area contributed by atoms with Crippen molar-refractivity contribution < 1.29 is 9.53 Å². The van der Waals surface area contributed by atoms with Gasteiger partial charge in [0, 0.05) is 42.5 Å². The number of amides is 1. The number of anilines is 1. The van der Waals surface area contributed by atoms with Crippen LogP contribution < -0.4 is 10.1 Å². The zero-order valence-corrected chi connectivity index (χ0v) is 15.6. The lowest BCUT2D eigenvalue weighted by Gasteiger charge is -2.06. The molecule has 0 bridgehead atoms. The number of nitrogens with one attached hydrogen (secondary N) is 1. The van der Waals surface area contributed by atoms with Gasteiger partial charge in [0.1, 0.15) is 17.4 Å². The lowest BCUT2D eigenvalue weighted by atomic mass is 10.1. The summed E-state index contributed by atoms with van der Waals surface area (Å²) >= 11 is 0. The van der Waals surface area contributed by atoms with Gasteiger partial charge in [-0.15, -0.1) is 0 Å². The molecule has 0 aliphatic carbocycles. The van der Waals surface area contributed by atoms with Gasteiger partial charge in [-0.1, -0.05) is 0 Å². The second kappa shape index (κ2) is 8.64. The van der Waals surface area contributed by atoms with Crippen molar-refractivity contribution in [1.29, 1.82) is 5.26 Å². The van der Waals surface area contributed by atoms with Gasteiger partial charge in [-0.3, -0.25) is 14.5 Å². The molecule has 140 valence electrons. The first-order chi connectivity index (χ1) is 13.6. The van der Waals surface area contributed by atoms with Crippen molar-refractivity contribution in [3.05, 3.63) is 66.1 Å². The molecular weight excluding hydrogens is 354 g/mol. The van der Waals surface area contributed by atoms with Crippen molar-refractivity contribution in [1.82, 2.24) is 14.8 Å². The fraction of sp³-hybridized carbons (Fsp3) is 0.143. The smallest absolute Gasteiger partial charge is 0.266 e. The van der Waals surface area contributed by atoms with Gasteiger partial charge in [-0.25, -0.2) is 0 Å². The maximum absolute atomic E-state index is 12.5. The average molecular weight is 373 g/mol. The van der Waals surface area contributed by atoms with Gasteiger partial charge < -0.3 is 10.1 Å². The third-order valence-electron chi connectivity index (χ3n) is 3.90. The van der Waals surface area contributed by atoms with Crippen molar-refractivity contribution >= 4 is 17.7 Å². The number of hydrogen-bond donors (Lipinski definition) is 1. The summed E-state index contributed by atoms with van der Waals surface area (Å²) in [5.41, 5.74) is 2.76. The number of nitriles is 1. The van der Waals surface area contributed by atoms with Crippen LogP contribution in [0.5, 0.6) is 5.75 Å². The first kappa shape index (κ1) is 18.9. The maximum Gasteiger partial charge on any atom is 0.266 e. The monoisotopic (exact) mass is 373 g/mol. The minimum atomic E-state index is -0.490. The van der Waals surface area contributed by atoms with E-state index in [1.165, 1.54) is 6.08 Å². The van der Waals surface area contributed by atoms with Crippen LogP contribution in [0.25, 0.3) is 17.3 Å². The molecule has 0 aliphatic rings. The van der Waals surface area contributed by atoms with Gasteiger partial charge >= 0.3 is 0 Å². The Morgan fingerprint density at radius 3 is 2.61 bits per heavy atom. The fourth-order valence-corrected chi connectivity index (χ4v) is 2.65. The van der Waals surface area contributed by atoms with E-state index < -0.39 is 5.91 Å². The van der Waals surface area contributed by atoms with Crippen LogP contribution in [0.1, 0.15) is 12.5 Å². The molecule has 1 aromatic carbocycles. The molecule has 1 amide bonds. The van der Waals surface area contributed by atoms with E-state index in [-0.39, 0.29) is 5.57 Å². The summed E-state index contributed by atoms with van der Waals surface area (Å²) in [5, 5.41) is 16.6. The van der Waals surface area contributed by atoms with Gasteiger partial charge in [0.2, 0.25) is 0 Å². The van der Waals surface area contributed by atoms with E-state index in [1.54, 1.807) is 54.6 Å². The van der Waals surface area contributed by atoms with Crippen molar-refractivity contribution in [3.63, 3.8) is 0 Å². The number of aromatic nitrogens is 3. The van der Waals surface area contributed by atoms with Crippen molar-refractivity contribution in [3.8, 4) is 23.1 Å². The highest BCUT2D eigenvalue weighted by Crippen LogP contribution is 2.24. The molecule has 2 heterocycles. The zero-order valence-electron chi connectivity index (χ0n) is 15.6. The van der Waals surface area contributed by atoms with E-state index in [9.17, 15) is 10.1 Å². The summed E-state index contributed by atoms with van der Waals surface area (Å²) in [5.74, 6) is 0.227. The predicted molar refractivity (Wildman–Crippen MR) is 106 cm³/mol. The number of carbonyl (C=O) groups is 1. The molecule has 3 aromatic rings. The minimum absolute atomic E-state index is 0.0165. The molecule has 0 fully saturated rings. The zero-order chi connectivity index (χ0) is 19.9. The predicted octanol–water partition coefficient (Wildman–Crippen LogP) is 3.43. The number of aryl methyl sites for hydroxylation is 1. The molecule has 7 heteroatoms. The molecule has 7 nitrogen and oxygen atoms in total. The van der Waals surface area contributed by atoms with Gasteiger partial charge in [0.15, 0.2) is 0 Å². The van der Waals surface area contributed by atoms with E-state index in [0.717, 1.165) is 5.56 Å². The Morgan fingerprint density at radius 2 is 1.96 bits per heavy atom. The Bertz CT molecular complexity index is 1030. The molecule has 0 saturated heterocycles. The standard InChI is InChI=1S/C21H19N5O2/c1-3-28-19-6-4-18(5-7-19)24-21(27)16(13-22)12-17-14-26(2)25-20(17)15-8-10-23-11-9-15/h4-12,14H,3H2,1-2H3,(H,24,27)/b16-12-. The average Bonchev–Trinajstić information content (AvgIpc) is 3.08. The Labute approximate surface area is 162 Å². The normalized spacial score (nSPS) is 11.0. The molecule has 0 aliphatic heterocycles. The highest BCUT2D eigenvalue weighted by atomic mass is 16.5. The van der Waals surface area contributed by atoms with Gasteiger partial charge in [0.25, 0.3) is 5.91 Å². The van der Waals surface area contributed by atoms with Crippen LogP contribution in [-0.2, 0) is 11.8 Å². The summed E-state index contributed by atoms with van der Waals surface area (Å²) in [6.45, 7) is 2.47. The van der Waals surface area contributed by atoms with Crippen LogP contribution >= 0.6 is 0 Å². The lowest BCUT2D eigenvalue weighted by molar-refractivity contribution is -0.112. The number of nitrogens with zero attached hydrogens (tertiary/aromatic N) is 4. The number of pyridine rings is 1. The second-order valence-corrected chi connectivity index (χ2v) is 5.92. The molecule has 2 aromatic heterocycles. The maximum atomic E-state index is 12.5. The third kappa shape index (κ3) is 4.43. The molecule has 0 saturated carbocycles. The van der Waals surface area contributed by atoms with Crippen molar-refractivity contribution in [2.45, 2.75) is 6.92 Å². The summed E-state index contributed by atoms with van der Waals surface area (Å²) in [7, 11) is 1.79. The van der Waals surface area contributed by atoms with Gasteiger partial charge in [0.05, 0.1) is 12.3 Å². The highest BCUT2D eigenvalue weighted by Gasteiger charge is 2.14. The first-order valence-electron chi connectivity index (χ1n) is 8.70. The number of ether oxygens (including phenoxy) is 1. The largest absolute Gasteiger partial charge is 0.494 e. The molecular formula is C21H19N5O2. The Balaban J connectivity index is 1.84. The lowest BCUT2D eigenvalue weighted by Crippen LogP contribution is -2.13. The second-order valence-electron chi connectivity index (χ2n) is 5.92. The third-order valence-corrected chi connectivity index (χ3v) is 3.90. The van der Waals surface area contributed by atoms with Crippen LogP contribution in [0.3, 0.4) is 0 Å². The number of carbonyl (C=O) groups excluding carboxylic acids is 1. The molecule has 0 atom stereocenters. The molecule has 3 rings (SSSR count). The molecule has 0 unspecified atom stereocenters. The Hall–Kier alpha value is -3.92.